The van der Waals surface area contributed by atoms with Crippen molar-refractivity contribution in [2.24, 2.45) is 0 Å². The molecular formula is C13H10BrNO. The Morgan fingerprint density at radius 1 is 1.19 bits per heavy atom. The highest BCUT2D eigenvalue weighted by Crippen LogP contribution is 2.24. The molecule has 16 heavy (non-hydrogen) atoms. The summed E-state index contributed by atoms with van der Waals surface area (Å²) in [6.45, 7) is 1.73. The molecule has 2 nitrogen and oxygen atoms in total. The number of benzene rings is 2. The number of nitrogens with zero attached hydrogens (tertiary/aromatic N) is 1. The first-order valence-electron chi connectivity index (χ1n) is 4.94. The molecule has 0 bridgehead atoms. The van der Waals surface area contributed by atoms with E-state index in [0.29, 0.717) is 0 Å². The first-order valence-corrected chi connectivity index (χ1v) is 5.74. The van der Waals surface area contributed by atoms with Crippen LogP contribution in [0.3, 0.4) is 0 Å². The van der Waals surface area contributed by atoms with E-state index in [4.69, 9.17) is 10.00 Å². The van der Waals surface area contributed by atoms with Crippen LogP contribution in [0.1, 0.15) is 6.92 Å². The van der Waals surface area contributed by atoms with Gasteiger partial charge in [0.15, 0.2) is 6.10 Å². The monoisotopic (exact) mass is 275 g/mol. The van der Waals surface area contributed by atoms with Crippen molar-refractivity contribution in [1.82, 2.24) is 0 Å². The molecule has 0 heterocycles. The highest BCUT2D eigenvalue weighted by Gasteiger charge is 2.02. The Morgan fingerprint density at radius 3 is 2.62 bits per heavy atom. The molecule has 0 aromatic heterocycles. The number of rotatable bonds is 2. The molecule has 0 saturated heterocycles. The van der Waals surface area contributed by atoms with Crippen molar-refractivity contribution in [2.75, 3.05) is 0 Å². The fourth-order valence-corrected chi connectivity index (χ4v) is 1.88. The normalized spacial score (nSPS) is 12.1. The Labute approximate surface area is 103 Å². The average molecular weight is 276 g/mol. The molecule has 0 saturated carbocycles. The fourth-order valence-electron chi connectivity index (χ4n) is 1.50. The lowest BCUT2D eigenvalue weighted by Crippen LogP contribution is -2.07. The summed E-state index contributed by atoms with van der Waals surface area (Å²) in [6, 6.07) is 13.9. The molecule has 0 aliphatic carbocycles. The highest BCUT2D eigenvalue weighted by atomic mass is 79.9. The zero-order valence-electron chi connectivity index (χ0n) is 8.77. The van der Waals surface area contributed by atoms with Crippen LogP contribution >= 0.6 is 15.9 Å². The zero-order valence-corrected chi connectivity index (χ0v) is 10.4. The van der Waals surface area contributed by atoms with Gasteiger partial charge in [-0.25, -0.2) is 0 Å². The summed E-state index contributed by atoms with van der Waals surface area (Å²) in [4.78, 5) is 0. The molecule has 0 N–H and O–H groups in total. The summed E-state index contributed by atoms with van der Waals surface area (Å²) in [6.07, 6.45) is -0.423. The molecule has 0 aliphatic rings. The molecule has 1 unspecified atom stereocenters. The molecule has 80 valence electrons. The minimum Gasteiger partial charge on any atom is -0.476 e. The molecule has 1 atom stereocenters. The van der Waals surface area contributed by atoms with E-state index in [1.165, 1.54) is 0 Å². The van der Waals surface area contributed by atoms with Gasteiger partial charge in [-0.2, -0.15) is 5.26 Å². The lowest BCUT2D eigenvalue weighted by atomic mass is 10.1. The summed E-state index contributed by atoms with van der Waals surface area (Å²) in [5, 5.41) is 10.9. The molecule has 0 aliphatic heterocycles. The Hall–Kier alpha value is -1.53. The maximum Gasteiger partial charge on any atom is 0.181 e. The van der Waals surface area contributed by atoms with Crippen LogP contribution in [0, 0.1) is 11.3 Å². The predicted molar refractivity (Wildman–Crippen MR) is 67.4 cm³/mol. The van der Waals surface area contributed by atoms with Crippen LogP contribution < -0.4 is 4.74 Å². The van der Waals surface area contributed by atoms with Gasteiger partial charge in [0.2, 0.25) is 0 Å². The van der Waals surface area contributed by atoms with Crippen molar-refractivity contribution in [3.8, 4) is 11.8 Å². The predicted octanol–water partition coefficient (Wildman–Crippen LogP) is 3.89. The van der Waals surface area contributed by atoms with Gasteiger partial charge in [0.1, 0.15) is 11.8 Å². The van der Waals surface area contributed by atoms with Crippen LogP contribution in [-0.2, 0) is 0 Å². The SMILES string of the molecule is CC(C#N)Oc1ccc2cc(Br)ccc2c1. The number of hydrogen-bond acceptors (Lipinski definition) is 2. The van der Waals surface area contributed by atoms with Gasteiger partial charge in [-0.3, -0.25) is 0 Å². The second-order valence-corrected chi connectivity index (χ2v) is 4.46. The van der Waals surface area contributed by atoms with E-state index in [1.54, 1.807) is 6.92 Å². The summed E-state index contributed by atoms with van der Waals surface area (Å²) < 4.78 is 6.48. The highest BCUT2D eigenvalue weighted by molar-refractivity contribution is 9.10. The molecular weight excluding hydrogens is 266 g/mol. The van der Waals surface area contributed by atoms with Crippen LogP contribution in [0.25, 0.3) is 10.8 Å². The van der Waals surface area contributed by atoms with Crippen molar-refractivity contribution < 1.29 is 4.74 Å². The van der Waals surface area contributed by atoms with E-state index in [1.807, 2.05) is 42.5 Å². The Morgan fingerprint density at radius 2 is 1.88 bits per heavy atom. The Bertz CT molecular complexity index is 559. The number of halogens is 1. The van der Waals surface area contributed by atoms with Gasteiger partial charge < -0.3 is 4.74 Å². The summed E-state index contributed by atoms with van der Waals surface area (Å²) in [5.74, 6) is 0.726. The maximum absolute atomic E-state index is 8.66. The Balaban J connectivity index is 2.38. The van der Waals surface area contributed by atoms with Crippen molar-refractivity contribution in [3.63, 3.8) is 0 Å². The first-order chi connectivity index (χ1) is 7.69. The number of nitriles is 1. The zero-order chi connectivity index (χ0) is 11.5. The molecule has 2 aromatic carbocycles. The lowest BCUT2D eigenvalue weighted by molar-refractivity contribution is 0.277. The van der Waals surface area contributed by atoms with Crippen LogP contribution in [0.2, 0.25) is 0 Å². The molecule has 0 amide bonds. The second kappa shape index (κ2) is 4.54. The molecule has 2 aromatic rings. The van der Waals surface area contributed by atoms with Crippen molar-refractivity contribution in [3.05, 3.63) is 40.9 Å². The summed E-state index contributed by atoms with van der Waals surface area (Å²) in [7, 11) is 0. The first kappa shape index (κ1) is 11.0. The van der Waals surface area contributed by atoms with Gasteiger partial charge in [-0.05, 0) is 42.0 Å². The molecule has 2 rings (SSSR count). The fraction of sp³-hybridized carbons (Fsp3) is 0.154. The van der Waals surface area contributed by atoms with Gasteiger partial charge in [-0.15, -0.1) is 0 Å². The quantitative estimate of drug-likeness (QED) is 0.833. The van der Waals surface area contributed by atoms with Gasteiger partial charge in [0, 0.05) is 4.47 Å². The third-order valence-corrected chi connectivity index (χ3v) is 2.76. The van der Waals surface area contributed by atoms with Crippen LogP contribution in [0.5, 0.6) is 5.75 Å². The van der Waals surface area contributed by atoms with E-state index in [9.17, 15) is 0 Å². The van der Waals surface area contributed by atoms with Gasteiger partial charge in [0.05, 0.1) is 0 Å². The van der Waals surface area contributed by atoms with E-state index in [-0.39, 0.29) is 0 Å². The van der Waals surface area contributed by atoms with E-state index >= 15 is 0 Å². The number of hydrogen-bond donors (Lipinski definition) is 0. The smallest absolute Gasteiger partial charge is 0.181 e. The largest absolute Gasteiger partial charge is 0.476 e. The van der Waals surface area contributed by atoms with E-state index < -0.39 is 6.10 Å². The standard InChI is InChI=1S/C13H10BrNO/c1-9(8-15)16-13-5-3-10-6-12(14)4-2-11(10)7-13/h2-7,9H,1H3. The van der Waals surface area contributed by atoms with Crippen LogP contribution in [0.15, 0.2) is 40.9 Å². The molecule has 0 spiro atoms. The summed E-state index contributed by atoms with van der Waals surface area (Å²) in [5.41, 5.74) is 0. The van der Waals surface area contributed by atoms with Crippen molar-refractivity contribution >= 4 is 26.7 Å². The van der Waals surface area contributed by atoms with Gasteiger partial charge >= 0.3 is 0 Å². The van der Waals surface area contributed by atoms with Crippen LogP contribution in [0.4, 0.5) is 0 Å². The molecule has 0 radical (unpaired) electrons. The third-order valence-electron chi connectivity index (χ3n) is 2.27. The average Bonchev–Trinajstić information content (AvgIpc) is 2.29. The van der Waals surface area contributed by atoms with Crippen molar-refractivity contribution in [2.45, 2.75) is 13.0 Å². The minimum absolute atomic E-state index is 0.423. The minimum atomic E-state index is -0.423. The van der Waals surface area contributed by atoms with Gasteiger partial charge in [-0.1, -0.05) is 28.1 Å². The lowest BCUT2D eigenvalue weighted by Gasteiger charge is -2.08. The van der Waals surface area contributed by atoms with E-state index in [0.717, 1.165) is 21.0 Å². The van der Waals surface area contributed by atoms with Gasteiger partial charge in [0.25, 0.3) is 0 Å². The number of ether oxygens (including phenoxy) is 1. The maximum atomic E-state index is 8.66. The third kappa shape index (κ3) is 2.34. The molecule has 3 heteroatoms. The van der Waals surface area contributed by atoms with Crippen molar-refractivity contribution in [1.29, 1.82) is 5.26 Å². The topological polar surface area (TPSA) is 33.0 Å². The number of fused-ring (bicyclic) bond motifs is 1. The van der Waals surface area contributed by atoms with Crippen LogP contribution in [-0.4, -0.2) is 6.10 Å². The molecule has 0 fully saturated rings. The Kier molecular flexibility index (Phi) is 3.12. The second-order valence-electron chi connectivity index (χ2n) is 3.54. The van der Waals surface area contributed by atoms with E-state index in [2.05, 4.69) is 15.9 Å². The summed E-state index contributed by atoms with van der Waals surface area (Å²) >= 11 is 3.43.